The summed E-state index contributed by atoms with van der Waals surface area (Å²) < 4.78 is 23.8. The van der Waals surface area contributed by atoms with Crippen LogP contribution in [0.4, 0.5) is 10.1 Å². The summed E-state index contributed by atoms with van der Waals surface area (Å²) in [6.45, 7) is 1.42. The molecule has 2 aliphatic heterocycles. The Morgan fingerprint density at radius 3 is 2.83 bits per heavy atom. The van der Waals surface area contributed by atoms with Crippen molar-refractivity contribution in [2.24, 2.45) is 5.73 Å². The molecule has 0 saturated carbocycles. The first-order valence-corrected chi connectivity index (χ1v) is 6.87. The van der Waals surface area contributed by atoms with Crippen LogP contribution in [-0.2, 0) is 24.5 Å². The van der Waals surface area contributed by atoms with Gasteiger partial charge in [0.15, 0.2) is 5.41 Å². The van der Waals surface area contributed by atoms with E-state index in [2.05, 4.69) is 5.32 Å². The number of hydrogen-bond donors (Lipinski definition) is 2. The number of benzene rings is 1. The number of hydrogen-bond acceptors (Lipinski definition) is 6. The standard InChI is InChI=1S/C16H12FN3O4/c1-7-12(14(21)23-2)16(10(6-18)13(19)24-7)9-5-8(17)3-4-11(9)20-15(16)22/h3-5H,19H2,1-2H3,(H,20,22)/t16-/m0/s1. The zero-order valence-electron chi connectivity index (χ0n) is 12.8. The van der Waals surface area contributed by atoms with Gasteiger partial charge >= 0.3 is 5.97 Å². The van der Waals surface area contributed by atoms with Gasteiger partial charge in [0.25, 0.3) is 0 Å². The van der Waals surface area contributed by atoms with Gasteiger partial charge in [0.1, 0.15) is 28.8 Å². The Hall–Kier alpha value is -3.34. The molecular formula is C16H12FN3O4. The van der Waals surface area contributed by atoms with E-state index in [9.17, 15) is 19.2 Å². The third kappa shape index (κ3) is 1.75. The fraction of sp³-hybridized carbons (Fsp3) is 0.188. The molecule has 0 saturated heterocycles. The minimum atomic E-state index is -1.91. The first kappa shape index (κ1) is 15.6. The van der Waals surface area contributed by atoms with Gasteiger partial charge < -0.3 is 20.5 Å². The van der Waals surface area contributed by atoms with Crippen LogP contribution in [0.3, 0.4) is 0 Å². The summed E-state index contributed by atoms with van der Waals surface area (Å²) in [6.07, 6.45) is 0. The van der Waals surface area contributed by atoms with Crippen molar-refractivity contribution in [1.82, 2.24) is 0 Å². The predicted molar refractivity (Wildman–Crippen MR) is 79.3 cm³/mol. The lowest BCUT2D eigenvalue weighted by atomic mass is 9.68. The van der Waals surface area contributed by atoms with Crippen LogP contribution in [0.15, 0.2) is 41.0 Å². The Kier molecular flexibility index (Phi) is 3.30. The normalized spacial score (nSPS) is 22.0. The highest BCUT2D eigenvalue weighted by Crippen LogP contribution is 2.51. The summed E-state index contributed by atoms with van der Waals surface area (Å²) in [5.74, 6) is -2.53. The van der Waals surface area contributed by atoms with E-state index in [4.69, 9.17) is 15.2 Å². The van der Waals surface area contributed by atoms with Crippen molar-refractivity contribution >= 4 is 17.6 Å². The van der Waals surface area contributed by atoms with Crippen molar-refractivity contribution in [3.8, 4) is 6.07 Å². The summed E-state index contributed by atoms with van der Waals surface area (Å²) >= 11 is 0. The van der Waals surface area contributed by atoms with Crippen LogP contribution >= 0.6 is 0 Å². The number of carbonyl (C=O) groups excluding carboxylic acids is 2. The molecule has 2 heterocycles. The molecule has 0 radical (unpaired) electrons. The van der Waals surface area contributed by atoms with E-state index >= 15 is 0 Å². The molecule has 3 rings (SSSR count). The number of esters is 1. The van der Waals surface area contributed by atoms with Gasteiger partial charge in [-0.3, -0.25) is 4.79 Å². The number of rotatable bonds is 1. The summed E-state index contributed by atoms with van der Waals surface area (Å²) in [7, 11) is 1.13. The molecule has 122 valence electrons. The molecule has 2 aliphatic rings. The van der Waals surface area contributed by atoms with Crippen molar-refractivity contribution in [1.29, 1.82) is 5.26 Å². The van der Waals surface area contributed by atoms with E-state index in [1.165, 1.54) is 13.0 Å². The lowest BCUT2D eigenvalue weighted by Gasteiger charge is -2.33. The number of methoxy groups -OCH3 is 1. The number of nitriles is 1. The van der Waals surface area contributed by atoms with Crippen LogP contribution in [0, 0.1) is 17.1 Å². The quantitative estimate of drug-likeness (QED) is 0.748. The highest BCUT2D eigenvalue weighted by molar-refractivity contribution is 6.17. The Morgan fingerprint density at radius 1 is 1.50 bits per heavy atom. The number of allylic oxidation sites excluding steroid dienone is 1. The van der Waals surface area contributed by atoms with Crippen molar-refractivity contribution in [2.45, 2.75) is 12.3 Å². The second kappa shape index (κ2) is 5.09. The number of halogens is 1. The summed E-state index contributed by atoms with van der Waals surface area (Å²) in [5, 5.41) is 12.1. The van der Waals surface area contributed by atoms with Crippen molar-refractivity contribution < 1.29 is 23.5 Å². The summed E-state index contributed by atoms with van der Waals surface area (Å²) in [4.78, 5) is 25.2. The van der Waals surface area contributed by atoms with E-state index in [-0.39, 0.29) is 34.0 Å². The van der Waals surface area contributed by atoms with Crippen LogP contribution in [0.5, 0.6) is 0 Å². The number of nitrogens with one attached hydrogen (secondary N) is 1. The second-order valence-electron chi connectivity index (χ2n) is 5.27. The lowest BCUT2D eigenvalue weighted by Crippen LogP contribution is -2.45. The lowest BCUT2D eigenvalue weighted by molar-refractivity contribution is -0.138. The molecule has 7 nitrogen and oxygen atoms in total. The molecule has 0 aliphatic carbocycles. The van der Waals surface area contributed by atoms with Crippen molar-refractivity contribution in [2.75, 3.05) is 12.4 Å². The maximum atomic E-state index is 13.8. The Labute approximate surface area is 136 Å². The number of carbonyl (C=O) groups is 2. The third-order valence-corrected chi connectivity index (χ3v) is 4.09. The maximum Gasteiger partial charge on any atom is 0.339 e. The molecule has 1 aromatic carbocycles. The van der Waals surface area contributed by atoms with Crippen molar-refractivity contribution in [3.05, 3.63) is 52.4 Å². The summed E-state index contributed by atoms with van der Waals surface area (Å²) in [5.41, 5.74) is 3.74. The van der Waals surface area contributed by atoms with E-state index in [1.54, 1.807) is 0 Å². The number of nitrogens with zero attached hydrogens (tertiary/aromatic N) is 1. The number of fused-ring (bicyclic) bond motifs is 2. The first-order chi connectivity index (χ1) is 11.4. The topological polar surface area (TPSA) is 114 Å². The molecule has 3 N–H and O–H groups in total. The van der Waals surface area contributed by atoms with Crippen LogP contribution in [0.2, 0.25) is 0 Å². The fourth-order valence-electron chi connectivity index (χ4n) is 3.15. The number of amides is 1. The number of anilines is 1. The molecule has 1 amide bonds. The molecule has 0 unspecified atom stereocenters. The van der Waals surface area contributed by atoms with Gasteiger partial charge in [0, 0.05) is 11.3 Å². The Bertz CT molecular complexity index is 897. The van der Waals surface area contributed by atoms with Gasteiger partial charge in [0.2, 0.25) is 11.8 Å². The average molecular weight is 329 g/mol. The second-order valence-corrected chi connectivity index (χ2v) is 5.27. The number of nitrogens with two attached hydrogens (primary N) is 1. The van der Waals surface area contributed by atoms with E-state index in [0.29, 0.717) is 0 Å². The average Bonchev–Trinajstić information content (AvgIpc) is 2.80. The maximum absolute atomic E-state index is 13.8. The van der Waals surface area contributed by atoms with E-state index in [0.717, 1.165) is 19.2 Å². The largest absolute Gasteiger partial charge is 0.466 e. The summed E-state index contributed by atoms with van der Waals surface area (Å²) in [6, 6.07) is 5.40. The molecule has 0 aromatic heterocycles. The smallest absolute Gasteiger partial charge is 0.339 e. The van der Waals surface area contributed by atoms with E-state index in [1.807, 2.05) is 6.07 Å². The minimum Gasteiger partial charge on any atom is -0.466 e. The first-order valence-electron chi connectivity index (χ1n) is 6.87. The minimum absolute atomic E-state index is 0.00520. The van der Waals surface area contributed by atoms with Crippen LogP contribution in [0.25, 0.3) is 0 Å². The van der Waals surface area contributed by atoms with Gasteiger partial charge in [-0.05, 0) is 25.1 Å². The fourth-order valence-corrected chi connectivity index (χ4v) is 3.15. The van der Waals surface area contributed by atoms with Crippen LogP contribution in [0.1, 0.15) is 12.5 Å². The van der Waals surface area contributed by atoms with E-state index < -0.39 is 23.1 Å². The predicted octanol–water partition coefficient (Wildman–Crippen LogP) is 1.19. The van der Waals surface area contributed by atoms with Crippen molar-refractivity contribution in [3.63, 3.8) is 0 Å². The molecule has 0 fully saturated rings. The van der Waals surface area contributed by atoms with Gasteiger partial charge in [-0.1, -0.05) is 0 Å². The molecular weight excluding hydrogens is 317 g/mol. The molecule has 1 atom stereocenters. The highest BCUT2D eigenvalue weighted by atomic mass is 19.1. The molecule has 1 spiro atoms. The van der Waals surface area contributed by atoms with Gasteiger partial charge in [-0.2, -0.15) is 5.26 Å². The molecule has 0 bridgehead atoms. The van der Waals surface area contributed by atoms with Gasteiger partial charge in [-0.25, -0.2) is 9.18 Å². The van der Waals surface area contributed by atoms with Gasteiger partial charge in [0.05, 0.1) is 7.11 Å². The zero-order valence-corrected chi connectivity index (χ0v) is 12.8. The molecule has 24 heavy (non-hydrogen) atoms. The molecule has 8 heteroatoms. The monoisotopic (exact) mass is 329 g/mol. The molecule has 1 aromatic rings. The Balaban J connectivity index is 2.46. The highest BCUT2D eigenvalue weighted by Gasteiger charge is 2.59. The van der Waals surface area contributed by atoms with Crippen LogP contribution in [-0.4, -0.2) is 19.0 Å². The third-order valence-electron chi connectivity index (χ3n) is 4.09. The van der Waals surface area contributed by atoms with Gasteiger partial charge in [-0.15, -0.1) is 0 Å². The SMILES string of the molecule is COC(=O)C1=C(C)OC(N)=C(C#N)[C@]12C(=O)Nc1ccc(F)cc12. The number of ether oxygens (including phenoxy) is 2. The zero-order chi connectivity index (χ0) is 17.6. The van der Waals surface area contributed by atoms with Crippen LogP contribution < -0.4 is 11.1 Å². The Morgan fingerprint density at radius 2 is 2.21 bits per heavy atom.